The molecule has 2 aromatic rings. The predicted octanol–water partition coefficient (Wildman–Crippen LogP) is 3.59. The van der Waals surface area contributed by atoms with Gasteiger partial charge in [-0.15, -0.1) is 11.8 Å². The summed E-state index contributed by atoms with van der Waals surface area (Å²) in [5.41, 5.74) is 7.43. The average Bonchev–Trinajstić information content (AvgIpc) is 2.43. The highest BCUT2D eigenvalue weighted by molar-refractivity contribution is 8.00. The number of halogens is 2. The fourth-order valence-corrected chi connectivity index (χ4v) is 2.55. The first-order valence-electron chi connectivity index (χ1n) is 6.20. The molecule has 0 spiro atoms. The summed E-state index contributed by atoms with van der Waals surface area (Å²) in [6.45, 7) is 1.88. The minimum absolute atomic E-state index is 0.0424. The fourth-order valence-electron chi connectivity index (χ4n) is 1.70. The number of thioether (sulfide) groups is 1. The van der Waals surface area contributed by atoms with Gasteiger partial charge in [-0.2, -0.15) is 0 Å². The summed E-state index contributed by atoms with van der Waals surface area (Å²) < 4.78 is 26.2. The Labute approximate surface area is 125 Å². The molecule has 0 radical (unpaired) electrons. The summed E-state index contributed by atoms with van der Waals surface area (Å²) in [7, 11) is 0. The number of aryl methyl sites for hydroxylation is 1. The number of para-hydroxylation sites is 1. The van der Waals surface area contributed by atoms with Crippen LogP contribution in [0.15, 0.2) is 41.3 Å². The second-order valence-corrected chi connectivity index (χ2v) is 5.46. The molecule has 0 unspecified atom stereocenters. The Balaban J connectivity index is 1.97. The zero-order valence-corrected chi connectivity index (χ0v) is 12.1. The second-order valence-electron chi connectivity index (χ2n) is 4.45. The Morgan fingerprint density at radius 3 is 2.76 bits per heavy atom. The van der Waals surface area contributed by atoms with Crippen LogP contribution in [0.5, 0.6) is 0 Å². The van der Waals surface area contributed by atoms with E-state index in [4.69, 9.17) is 5.73 Å². The van der Waals surface area contributed by atoms with Crippen molar-refractivity contribution in [2.75, 3.05) is 16.8 Å². The molecule has 3 nitrogen and oxygen atoms in total. The molecule has 0 aliphatic heterocycles. The summed E-state index contributed by atoms with van der Waals surface area (Å²) in [5, 5.41) is 2.40. The lowest BCUT2D eigenvalue weighted by atomic mass is 10.2. The molecule has 0 atom stereocenters. The normalized spacial score (nSPS) is 10.4. The SMILES string of the molecule is Cc1cccc(SCC(=O)Nc2ccc(F)cc2F)c1N. The number of anilines is 2. The maximum Gasteiger partial charge on any atom is 0.234 e. The minimum Gasteiger partial charge on any atom is -0.398 e. The molecule has 6 heteroatoms. The van der Waals surface area contributed by atoms with Crippen LogP contribution in [-0.4, -0.2) is 11.7 Å². The number of hydrogen-bond donors (Lipinski definition) is 2. The van der Waals surface area contributed by atoms with Crippen molar-refractivity contribution in [2.24, 2.45) is 0 Å². The van der Waals surface area contributed by atoms with Crippen molar-refractivity contribution in [3.05, 3.63) is 53.6 Å². The van der Waals surface area contributed by atoms with E-state index in [9.17, 15) is 13.6 Å². The molecule has 21 heavy (non-hydrogen) atoms. The van der Waals surface area contributed by atoms with Gasteiger partial charge in [-0.3, -0.25) is 4.79 Å². The smallest absolute Gasteiger partial charge is 0.234 e. The van der Waals surface area contributed by atoms with Crippen LogP contribution >= 0.6 is 11.8 Å². The van der Waals surface area contributed by atoms with Crippen LogP contribution in [-0.2, 0) is 4.79 Å². The second kappa shape index (κ2) is 6.58. The third kappa shape index (κ3) is 3.95. The van der Waals surface area contributed by atoms with E-state index in [1.54, 1.807) is 0 Å². The molecular formula is C15H14F2N2OS. The fraction of sp³-hybridized carbons (Fsp3) is 0.133. The van der Waals surface area contributed by atoms with Gasteiger partial charge in [0.25, 0.3) is 0 Å². The van der Waals surface area contributed by atoms with Crippen LogP contribution < -0.4 is 11.1 Å². The van der Waals surface area contributed by atoms with Gasteiger partial charge in [0.15, 0.2) is 0 Å². The standard InChI is InChI=1S/C15H14F2N2OS/c1-9-3-2-4-13(15(9)18)21-8-14(20)19-12-6-5-10(16)7-11(12)17/h2-7H,8,18H2,1H3,(H,19,20). The molecule has 0 aromatic heterocycles. The molecule has 0 aliphatic rings. The Kier molecular flexibility index (Phi) is 4.80. The molecule has 0 bridgehead atoms. The van der Waals surface area contributed by atoms with Gasteiger partial charge in [-0.25, -0.2) is 8.78 Å². The first-order chi connectivity index (χ1) is 9.97. The number of rotatable bonds is 4. The van der Waals surface area contributed by atoms with Gasteiger partial charge in [0.2, 0.25) is 5.91 Å². The molecule has 110 valence electrons. The van der Waals surface area contributed by atoms with Crippen LogP contribution in [0.4, 0.5) is 20.2 Å². The van der Waals surface area contributed by atoms with Crippen molar-refractivity contribution >= 4 is 29.0 Å². The van der Waals surface area contributed by atoms with Gasteiger partial charge < -0.3 is 11.1 Å². The van der Waals surface area contributed by atoms with Gasteiger partial charge in [-0.05, 0) is 30.7 Å². The van der Waals surface area contributed by atoms with Gasteiger partial charge >= 0.3 is 0 Å². The topological polar surface area (TPSA) is 55.1 Å². The number of nitrogens with two attached hydrogens (primary N) is 1. The number of carbonyl (C=O) groups excluding carboxylic acids is 1. The molecule has 3 N–H and O–H groups in total. The largest absolute Gasteiger partial charge is 0.398 e. The lowest BCUT2D eigenvalue weighted by molar-refractivity contribution is -0.113. The maximum absolute atomic E-state index is 13.4. The minimum atomic E-state index is -0.802. The molecule has 2 rings (SSSR count). The Bertz CT molecular complexity index is 677. The Morgan fingerprint density at radius 1 is 1.29 bits per heavy atom. The van der Waals surface area contributed by atoms with Crippen LogP contribution in [0.2, 0.25) is 0 Å². The van der Waals surface area contributed by atoms with Gasteiger partial charge in [-0.1, -0.05) is 12.1 Å². The maximum atomic E-state index is 13.4. The van der Waals surface area contributed by atoms with E-state index >= 15 is 0 Å². The quantitative estimate of drug-likeness (QED) is 0.670. The van der Waals surface area contributed by atoms with Crippen molar-refractivity contribution in [1.82, 2.24) is 0 Å². The Morgan fingerprint density at radius 2 is 2.05 bits per heavy atom. The number of nitrogens with one attached hydrogen (secondary N) is 1. The highest BCUT2D eigenvalue weighted by atomic mass is 32.2. The van der Waals surface area contributed by atoms with Gasteiger partial charge in [0, 0.05) is 16.6 Å². The molecule has 0 aliphatic carbocycles. The van der Waals surface area contributed by atoms with E-state index in [2.05, 4.69) is 5.32 Å². The van der Waals surface area contributed by atoms with E-state index in [0.717, 1.165) is 22.6 Å². The molecule has 0 fully saturated rings. The van der Waals surface area contributed by atoms with Crippen molar-refractivity contribution in [1.29, 1.82) is 0 Å². The Hall–Kier alpha value is -2.08. The molecule has 0 saturated heterocycles. The summed E-state index contributed by atoms with van der Waals surface area (Å²) in [6.07, 6.45) is 0. The zero-order valence-electron chi connectivity index (χ0n) is 11.3. The highest BCUT2D eigenvalue weighted by Crippen LogP contribution is 2.27. The van der Waals surface area contributed by atoms with Gasteiger partial charge in [0.05, 0.1) is 11.4 Å². The van der Waals surface area contributed by atoms with Crippen LogP contribution in [0.3, 0.4) is 0 Å². The predicted molar refractivity (Wildman–Crippen MR) is 81.3 cm³/mol. The van der Waals surface area contributed by atoms with E-state index in [-0.39, 0.29) is 17.3 Å². The van der Waals surface area contributed by atoms with E-state index in [1.165, 1.54) is 17.8 Å². The number of amides is 1. The van der Waals surface area contributed by atoms with E-state index in [1.807, 2.05) is 25.1 Å². The first-order valence-corrected chi connectivity index (χ1v) is 7.18. The van der Waals surface area contributed by atoms with Crippen molar-refractivity contribution in [3.8, 4) is 0 Å². The van der Waals surface area contributed by atoms with Gasteiger partial charge in [0.1, 0.15) is 11.6 Å². The summed E-state index contributed by atoms with van der Waals surface area (Å²) in [4.78, 5) is 12.6. The van der Waals surface area contributed by atoms with Crippen LogP contribution in [0, 0.1) is 18.6 Å². The van der Waals surface area contributed by atoms with Crippen molar-refractivity contribution in [3.63, 3.8) is 0 Å². The molecule has 2 aromatic carbocycles. The number of nitrogen functional groups attached to an aromatic ring is 1. The monoisotopic (exact) mass is 308 g/mol. The molecular weight excluding hydrogens is 294 g/mol. The zero-order chi connectivity index (χ0) is 15.4. The lowest BCUT2D eigenvalue weighted by Gasteiger charge is -2.09. The lowest BCUT2D eigenvalue weighted by Crippen LogP contribution is -2.15. The number of benzene rings is 2. The van der Waals surface area contributed by atoms with Crippen LogP contribution in [0.25, 0.3) is 0 Å². The summed E-state index contributed by atoms with van der Waals surface area (Å²) in [6, 6.07) is 8.55. The molecule has 0 saturated carbocycles. The molecule has 1 amide bonds. The van der Waals surface area contributed by atoms with Crippen molar-refractivity contribution < 1.29 is 13.6 Å². The third-order valence-corrected chi connectivity index (χ3v) is 3.92. The summed E-state index contributed by atoms with van der Waals surface area (Å²) >= 11 is 1.26. The van der Waals surface area contributed by atoms with Crippen molar-refractivity contribution in [2.45, 2.75) is 11.8 Å². The van der Waals surface area contributed by atoms with E-state index in [0.29, 0.717) is 5.69 Å². The highest BCUT2D eigenvalue weighted by Gasteiger charge is 2.10. The van der Waals surface area contributed by atoms with E-state index < -0.39 is 11.6 Å². The average molecular weight is 308 g/mol. The third-order valence-electron chi connectivity index (χ3n) is 2.85. The number of carbonyl (C=O) groups is 1. The summed E-state index contributed by atoms with van der Waals surface area (Å²) in [5.74, 6) is -1.79. The number of hydrogen-bond acceptors (Lipinski definition) is 3. The molecule has 0 heterocycles. The van der Waals surface area contributed by atoms with Crippen LogP contribution in [0.1, 0.15) is 5.56 Å². The first kappa shape index (κ1) is 15.3.